The summed E-state index contributed by atoms with van der Waals surface area (Å²) in [6.07, 6.45) is 2.08. The number of hydrogen-bond donors (Lipinski definition) is 1. The monoisotopic (exact) mass is 315 g/mol. The van der Waals surface area contributed by atoms with Crippen LogP contribution >= 0.6 is 11.6 Å². The lowest BCUT2D eigenvalue weighted by atomic mass is 9.75. The number of para-hydroxylation sites is 1. The lowest BCUT2D eigenvalue weighted by Gasteiger charge is -2.37. The van der Waals surface area contributed by atoms with Crippen molar-refractivity contribution in [1.82, 2.24) is 5.32 Å². The van der Waals surface area contributed by atoms with Gasteiger partial charge in [0.25, 0.3) is 5.91 Å². The SMILES string of the molecule is COc1ccccc1C(=O)N[C@H]1CC[C@H]1c1ccc(Cl)cc1. The maximum atomic E-state index is 12.4. The Hall–Kier alpha value is -2.00. The Morgan fingerprint density at radius 1 is 1.14 bits per heavy atom. The van der Waals surface area contributed by atoms with Gasteiger partial charge in [-0.2, -0.15) is 0 Å². The lowest BCUT2D eigenvalue weighted by Crippen LogP contribution is -2.45. The molecule has 1 amide bonds. The van der Waals surface area contributed by atoms with Gasteiger partial charge >= 0.3 is 0 Å². The Bertz CT molecular complexity index is 669. The number of rotatable bonds is 4. The van der Waals surface area contributed by atoms with Gasteiger partial charge in [0, 0.05) is 17.0 Å². The van der Waals surface area contributed by atoms with Crippen molar-refractivity contribution in [2.24, 2.45) is 0 Å². The highest BCUT2D eigenvalue weighted by Crippen LogP contribution is 2.37. The average molecular weight is 316 g/mol. The average Bonchev–Trinajstić information content (AvgIpc) is 2.53. The Morgan fingerprint density at radius 2 is 1.86 bits per heavy atom. The van der Waals surface area contributed by atoms with Crippen molar-refractivity contribution in [3.05, 3.63) is 64.7 Å². The second kappa shape index (κ2) is 6.41. The lowest BCUT2D eigenvalue weighted by molar-refractivity contribution is 0.0901. The van der Waals surface area contributed by atoms with Gasteiger partial charge in [-0.25, -0.2) is 0 Å². The number of carbonyl (C=O) groups excluding carboxylic acids is 1. The summed E-state index contributed by atoms with van der Waals surface area (Å²) >= 11 is 5.93. The van der Waals surface area contributed by atoms with Crippen LogP contribution in [0.2, 0.25) is 5.02 Å². The Labute approximate surface area is 135 Å². The third-order valence-corrected chi connectivity index (χ3v) is 4.49. The minimum absolute atomic E-state index is 0.0823. The number of ether oxygens (including phenoxy) is 1. The van der Waals surface area contributed by atoms with Crippen LogP contribution in [0.1, 0.15) is 34.7 Å². The summed E-state index contributed by atoms with van der Waals surface area (Å²) < 4.78 is 5.25. The third kappa shape index (κ3) is 2.95. The van der Waals surface area contributed by atoms with Crippen LogP contribution < -0.4 is 10.1 Å². The highest BCUT2D eigenvalue weighted by Gasteiger charge is 2.33. The Balaban J connectivity index is 1.70. The Morgan fingerprint density at radius 3 is 2.50 bits per heavy atom. The van der Waals surface area contributed by atoms with Crippen molar-refractivity contribution in [3.63, 3.8) is 0 Å². The zero-order chi connectivity index (χ0) is 15.5. The first kappa shape index (κ1) is 14.9. The van der Waals surface area contributed by atoms with E-state index in [0.717, 1.165) is 17.9 Å². The molecule has 2 aromatic carbocycles. The molecule has 0 spiro atoms. The molecule has 0 heterocycles. The highest BCUT2D eigenvalue weighted by atomic mass is 35.5. The molecule has 0 aromatic heterocycles. The predicted molar refractivity (Wildman–Crippen MR) is 87.7 cm³/mol. The van der Waals surface area contributed by atoms with E-state index in [2.05, 4.69) is 5.32 Å². The quantitative estimate of drug-likeness (QED) is 0.925. The second-order valence-electron chi connectivity index (χ2n) is 5.52. The molecule has 2 aromatic rings. The molecule has 22 heavy (non-hydrogen) atoms. The van der Waals surface area contributed by atoms with Gasteiger partial charge in [-0.3, -0.25) is 4.79 Å². The summed E-state index contributed by atoms with van der Waals surface area (Å²) in [5, 5.41) is 3.85. The van der Waals surface area contributed by atoms with E-state index in [0.29, 0.717) is 17.2 Å². The van der Waals surface area contributed by atoms with Crippen LogP contribution in [-0.4, -0.2) is 19.1 Å². The largest absolute Gasteiger partial charge is 0.496 e. The van der Waals surface area contributed by atoms with Gasteiger partial charge in [-0.05, 0) is 42.7 Å². The molecule has 2 atom stereocenters. The molecule has 0 aliphatic heterocycles. The zero-order valence-corrected chi connectivity index (χ0v) is 13.1. The molecule has 1 saturated carbocycles. The topological polar surface area (TPSA) is 38.3 Å². The molecule has 114 valence electrons. The molecule has 1 aliphatic carbocycles. The predicted octanol–water partition coefficient (Wildman–Crippen LogP) is 4.02. The summed E-state index contributed by atoms with van der Waals surface area (Å²) in [6, 6.07) is 15.3. The van der Waals surface area contributed by atoms with E-state index in [9.17, 15) is 4.79 Å². The Kier molecular flexibility index (Phi) is 4.34. The minimum atomic E-state index is -0.0823. The first-order chi connectivity index (χ1) is 10.7. The molecule has 0 radical (unpaired) electrons. The van der Waals surface area contributed by atoms with E-state index < -0.39 is 0 Å². The van der Waals surface area contributed by atoms with E-state index in [1.54, 1.807) is 19.2 Å². The molecule has 1 aliphatic rings. The molecule has 3 rings (SSSR count). The van der Waals surface area contributed by atoms with E-state index in [1.807, 2.05) is 36.4 Å². The molecule has 3 nitrogen and oxygen atoms in total. The smallest absolute Gasteiger partial charge is 0.255 e. The number of amides is 1. The van der Waals surface area contributed by atoms with Crippen molar-refractivity contribution < 1.29 is 9.53 Å². The van der Waals surface area contributed by atoms with Gasteiger partial charge in [0.15, 0.2) is 0 Å². The maximum absolute atomic E-state index is 12.4. The second-order valence-corrected chi connectivity index (χ2v) is 5.95. The van der Waals surface area contributed by atoms with Gasteiger partial charge in [0.05, 0.1) is 12.7 Å². The molecule has 0 bridgehead atoms. The van der Waals surface area contributed by atoms with Crippen LogP contribution in [0.5, 0.6) is 5.75 Å². The fourth-order valence-electron chi connectivity index (χ4n) is 2.86. The molecule has 4 heteroatoms. The van der Waals surface area contributed by atoms with E-state index in [-0.39, 0.29) is 11.9 Å². The van der Waals surface area contributed by atoms with Crippen molar-refractivity contribution in [2.45, 2.75) is 24.8 Å². The summed E-state index contributed by atoms with van der Waals surface area (Å²) in [5.74, 6) is 0.874. The van der Waals surface area contributed by atoms with Gasteiger partial charge in [-0.1, -0.05) is 35.9 Å². The van der Waals surface area contributed by atoms with Crippen LogP contribution in [0.25, 0.3) is 0 Å². The standard InChI is InChI=1S/C18H18ClNO2/c1-22-17-5-3-2-4-15(17)18(21)20-16-11-10-14(16)12-6-8-13(19)9-7-12/h2-9,14,16H,10-11H2,1H3,(H,20,21)/t14-,16-/m0/s1. The maximum Gasteiger partial charge on any atom is 0.255 e. The van der Waals surface area contributed by atoms with Crippen LogP contribution in [0.15, 0.2) is 48.5 Å². The van der Waals surface area contributed by atoms with Crippen molar-refractivity contribution >= 4 is 17.5 Å². The van der Waals surface area contributed by atoms with Crippen LogP contribution in [0, 0.1) is 0 Å². The third-order valence-electron chi connectivity index (χ3n) is 4.24. The van der Waals surface area contributed by atoms with Gasteiger partial charge in [-0.15, -0.1) is 0 Å². The summed E-state index contributed by atoms with van der Waals surface area (Å²) in [4.78, 5) is 12.4. The van der Waals surface area contributed by atoms with Crippen molar-refractivity contribution in [1.29, 1.82) is 0 Å². The first-order valence-corrected chi connectivity index (χ1v) is 7.76. The number of carbonyl (C=O) groups is 1. The molecule has 0 unspecified atom stereocenters. The molecular weight excluding hydrogens is 298 g/mol. The minimum Gasteiger partial charge on any atom is -0.496 e. The normalized spacial score (nSPS) is 20.1. The van der Waals surface area contributed by atoms with Crippen LogP contribution in [-0.2, 0) is 0 Å². The fraction of sp³-hybridized carbons (Fsp3) is 0.278. The highest BCUT2D eigenvalue weighted by molar-refractivity contribution is 6.30. The molecule has 1 fully saturated rings. The molecule has 1 N–H and O–H groups in total. The van der Waals surface area contributed by atoms with E-state index >= 15 is 0 Å². The van der Waals surface area contributed by atoms with Crippen LogP contribution in [0.3, 0.4) is 0 Å². The number of benzene rings is 2. The number of nitrogens with one attached hydrogen (secondary N) is 1. The first-order valence-electron chi connectivity index (χ1n) is 7.38. The summed E-state index contributed by atoms with van der Waals surface area (Å²) in [6.45, 7) is 0. The number of hydrogen-bond acceptors (Lipinski definition) is 2. The summed E-state index contributed by atoms with van der Waals surface area (Å²) in [5.41, 5.74) is 1.80. The van der Waals surface area contributed by atoms with Gasteiger partial charge in [0.1, 0.15) is 5.75 Å². The van der Waals surface area contributed by atoms with Crippen molar-refractivity contribution in [2.75, 3.05) is 7.11 Å². The zero-order valence-electron chi connectivity index (χ0n) is 12.4. The molecule has 0 saturated heterocycles. The summed E-state index contributed by atoms with van der Waals surface area (Å²) in [7, 11) is 1.58. The van der Waals surface area contributed by atoms with Crippen LogP contribution in [0.4, 0.5) is 0 Å². The van der Waals surface area contributed by atoms with E-state index in [1.165, 1.54) is 5.56 Å². The molecular formula is C18H18ClNO2. The fourth-order valence-corrected chi connectivity index (χ4v) is 2.99. The number of methoxy groups -OCH3 is 1. The van der Waals surface area contributed by atoms with Crippen molar-refractivity contribution in [3.8, 4) is 5.75 Å². The van der Waals surface area contributed by atoms with Gasteiger partial charge < -0.3 is 10.1 Å². The number of halogens is 1. The van der Waals surface area contributed by atoms with E-state index in [4.69, 9.17) is 16.3 Å². The van der Waals surface area contributed by atoms with Gasteiger partial charge in [0.2, 0.25) is 0 Å².